The van der Waals surface area contributed by atoms with Gasteiger partial charge in [-0.3, -0.25) is 4.79 Å². The van der Waals surface area contributed by atoms with Crippen LogP contribution >= 0.6 is 34.9 Å². The Morgan fingerprint density at radius 2 is 1.90 bits per heavy atom. The summed E-state index contributed by atoms with van der Waals surface area (Å²) in [5.41, 5.74) is 0.362. The Labute approximate surface area is 128 Å². The number of phenolic OH excluding ortho intramolecular Hbond substituents is 2. The molecule has 0 amide bonds. The number of Topliss-reactive ketones (excluding diaryl/α,β-unsaturated/α-hetero) is 1. The van der Waals surface area contributed by atoms with Gasteiger partial charge in [-0.2, -0.15) is 0 Å². The molecule has 0 saturated carbocycles. The zero-order valence-electron chi connectivity index (χ0n) is 10.6. The molecule has 0 radical (unpaired) electrons. The number of thioether (sulfide) groups is 2. The zero-order chi connectivity index (χ0) is 14.5. The number of hydrogen-bond acceptors (Lipinski definition) is 8. The van der Waals surface area contributed by atoms with Crippen LogP contribution in [0.3, 0.4) is 0 Å². The lowest BCUT2D eigenvalue weighted by Crippen LogP contribution is -2.01. The molecule has 2 N–H and O–H groups in total. The first-order chi connectivity index (χ1) is 9.60. The van der Waals surface area contributed by atoms with E-state index in [1.165, 1.54) is 41.3 Å². The number of phenols is 2. The van der Waals surface area contributed by atoms with E-state index in [4.69, 9.17) is 0 Å². The minimum atomic E-state index is -0.293. The van der Waals surface area contributed by atoms with Gasteiger partial charge in [0.25, 0.3) is 0 Å². The highest BCUT2D eigenvalue weighted by Gasteiger charge is 2.11. The maximum absolute atomic E-state index is 12.0. The van der Waals surface area contributed by atoms with E-state index in [-0.39, 0.29) is 23.0 Å². The summed E-state index contributed by atoms with van der Waals surface area (Å²) in [5.74, 6) is 0.490. The first-order valence-electron chi connectivity index (χ1n) is 5.74. The second kappa shape index (κ2) is 6.96. The third-order valence-electron chi connectivity index (χ3n) is 2.28. The molecule has 0 bridgehead atoms. The summed E-state index contributed by atoms with van der Waals surface area (Å²) in [6.07, 6.45) is 0. The molecule has 20 heavy (non-hydrogen) atoms. The van der Waals surface area contributed by atoms with E-state index in [9.17, 15) is 15.0 Å². The molecule has 8 heteroatoms. The number of aromatic nitrogens is 2. The summed E-state index contributed by atoms with van der Waals surface area (Å²) < 4.78 is 1.64. The van der Waals surface area contributed by atoms with Crippen LogP contribution in [-0.2, 0) is 0 Å². The maximum atomic E-state index is 12.0. The van der Waals surface area contributed by atoms with Crippen LogP contribution in [0.1, 0.15) is 17.3 Å². The first-order valence-corrected chi connectivity index (χ1v) is 8.53. The molecule has 5 nitrogen and oxygen atoms in total. The van der Waals surface area contributed by atoms with Crippen molar-refractivity contribution < 1.29 is 15.0 Å². The number of nitrogens with zero attached hydrogens (tertiary/aromatic N) is 2. The molecule has 1 aromatic carbocycles. The fraction of sp³-hybridized carbons (Fsp3) is 0.250. The molecule has 1 aromatic heterocycles. The number of hydrogen-bond donors (Lipinski definition) is 2. The second-order valence-electron chi connectivity index (χ2n) is 3.68. The molecule has 1 heterocycles. The fourth-order valence-corrected chi connectivity index (χ4v) is 4.16. The molecule has 106 valence electrons. The summed E-state index contributed by atoms with van der Waals surface area (Å²) in [7, 11) is 0. The number of carbonyl (C=O) groups is 1. The number of carbonyl (C=O) groups excluding carboxylic acids is 1. The van der Waals surface area contributed by atoms with Crippen molar-refractivity contribution in [3.8, 4) is 11.5 Å². The van der Waals surface area contributed by atoms with E-state index < -0.39 is 0 Å². The molecular formula is C12H12N2O3S3. The Bertz CT molecular complexity index is 616. The molecule has 2 rings (SSSR count). The van der Waals surface area contributed by atoms with Crippen molar-refractivity contribution in [3.63, 3.8) is 0 Å². The van der Waals surface area contributed by atoms with Crippen molar-refractivity contribution in [3.05, 3.63) is 23.8 Å². The Hall–Kier alpha value is -1.25. The summed E-state index contributed by atoms with van der Waals surface area (Å²) in [6.45, 7) is 2.04. The largest absolute Gasteiger partial charge is 0.504 e. The SMILES string of the molecule is CCSc1nnc(SCC(=O)c2ccc(O)c(O)c2)s1. The lowest BCUT2D eigenvalue weighted by atomic mass is 10.1. The molecule has 0 fully saturated rings. The molecule has 0 saturated heterocycles. The topological polar surface area (TPSA) is 83.3 Å². The highest BCUT2D eigenvalue weighted by Crippen LogP contribution is 2.30. The summed E-state index contributed by atoms with van der Waals surface area (Å²) >= 11 is 4.40. The van der Waals surface area contributed by atoms with Crippen LogP contribution in [0.4, 0.5) is 0 Å². The van der Waals surface area contributed by atoms with Gasteiger partial charge >= 0.3 is 0 Å². The molecule has 0 aliphatic carbocycles. The normalized spacial score (nSPS) is 10.7. The highest BCUT2D eigenvalue weighted by atomic mass is 32.2. The van der Waals surface area contributed by atoms with E-state index in [1.807, 2.05) is 6.92 Å². The fourth-order valence-electron chi connectivity index (χ4n) is 1.34. The van der Waals surface area contributed by atoms with Crippen LogP contribution in [0.25, 0.3) is 0 Å². The quantitative estimate of drug-likeness (QED) is 0.479. The van der Waals surface area contributed by atoms with Crippen molar-refractivity contribution in [1.29, 1.82) is 0 Å². The smallest absolute Gasteiger partial charge is 0.175 e. The van der Waals surface area contributed by atoms with E-state index >= 15 is 0 Å². The monoisotopic (exact) mass is 328 g/mol. The summed E-state index contributed by atoms with van der Waals surface area (Å²) in [6, 6.07) is 4.04. The third-order valence-corrected chi connectivity index (χ3v) is 5.35. The second-order valence-corrected chi connectivity index (χ2v) is 7.39. The van der Waals surface area contributed by atoms with Crippen LogP contribution in [0.15, 0.2) is 26.9 Å². The Morgan fingerprint density at radius 3 is 2.55 bits per heavy atom. The Balaban J connectivity index is 1.95. The molecule has 2 aromatic rings. The third kappa shape index (κ3) is 3.87. The average Bonchev–Trinajstić information content (AvgIpc) is 2.87. The van der Waals surface area contributed by atoms with Crippen molar-refractivity contribution in [2.45, 2.75) is 15.6 Å². The minimum absolute atomic E-state index is 0.134. The average molecular weight is 328 g/mol. The predicted molar refractivity (Wildman–Crippen MR) is 81.1 cm³/mol. The van der Waals surface area contributed by atoms with Crippen molar-refractivity contribution in [2.75, 3.05) is 11.5 Å². The van der Waals surface area contributed by atoms with E-state index in [0.717, 1.165) is 14.4 Å². The van der Waals surface area contributed by atoms with Crippen molar-refractivity contribution in [2.24, 2.45) is 0 Å². The standard InChI is InChI=1S/C12H12N2O3S3/c1-2-18-11-13-14-12(20-11)19-6-10(17)7-3-4-8(15)9(16)5-7/h3-5,15-16H,2,6H2,1H3. The molecular weight excluding hydrogens is 316 g/mol. The molecule has 0 unspecified atom stereocenters. The molecule has 0 atom stereocenters. The number of aromatic hydroxyl groups is 2. The molecule has 0 aliphatic heterocycles. The highest BCUT2D eigenvalue weighted by molar-refractivity contribution is 8.03. The van der Waals surface area contributed by atoms with Gasteiger partial charge in [-0.05, 0) is 24.0 Å². The van der Waals surface area contributed by atoms with Crippen LogP contribution in [0.5, 0.6) is 11.5 Å². The van der Waals surface area contributed by atoms with Gasteiger partial charge in [0.05, 0.1) is 5.75 Å². The van der Waals surface area contributed by atoms with Gasteiger partial charge < -0.3 is 10.2 Å². The lowest BCUT2D eigenvalue weighted by Gasteiger charge is -2.01. The van der Waals surface area contributed by atoms with E-state index in [1.54, 1.807) is 11.8 Å². The lowest BCUT2D eigenvalue weighted by molar-refractivity contribution is 0.102. The van der Waals surface area contributed by atoms with Gasteiger partial charge in [0.15, 0.2) is 26.0 Å². The van der Waals surface area contributed by atoms with Gasteiger partial charge in [-0.15, -0.1) is 10.2 Å². The summed E-state index contributed by atoms with van der Waals surface area (Å²) in [4.78, 5) is 12.0. The van der Waals surface area contributed by atoms with Crippen LogP contribution in [-0.4, -0.2) is 37.7 Å². The van der Waals surface area contributed by atoms with Gasteiger partial charge in [-0.25, -0.2) is 0 Å². The Kier molecular flexibility index (Phi) is 5.27. The van der Waals surface area contributed by atoms with Gasteiger partial charge in [0.2, 0.25) is 0 Å². The zero-order valence-corrected chi connectivity index (χ0v) is 13.0. The van der Waals surface area contributed by atoms with Crippen molar-refractivity contribution in [1.82, 2.24) is 10.2 Å². The van der Waals surface area contributed by atoms with E-state index in [0.29, 0.717) is 5.56 Å². The van der Waals surface area contributed by atoms with Crippen LogP contribution in [0.2, 0.25) is 0 Å². The van der Waals surface area contributed by atoms with Crippen LogP contribution in [0, 0.1) is 0 Å². The van der Waals surface area contributed by atoms with Crippen molar-refractivity contribution >= 4 is 40.6 Å². The summed E-state index contributed by atoms with van der Waals surface area (Å²) in [5, 5.41) is 26.6. The maximum Gasteiger partial charge on any atom is 0.175 e. The number of benzene rings is 1. The number of ketones is 1. The Morgan fingerprint density at radius 1 is 1.20 bits per heavy atom. The van der Waals surface area contributed by atoms with Gasteiger partial charge in [0, 0.05) is 5.56 Å². The molecule has 0 aliphatic rings. The van der Waals surface area contributed by atoms with Gasteiger partial charge in [0.1, 0.15) is 0 Å². The number of rotatable bonds is 6. The predicted octanol–water partition coefficient (Wildman–Crippen LogP) is 3.04. The van der Waals surface area contributed by atoms with Gasteiger partial charge in [-0.1, -0.05) is 41.8 Å². The van der Waals surface area contributed by atoms with E-state index in [2.05, 4.69) is 10.2 Å². The molecule has 0 spiro atoms. The first kappa shape index (κ1) is 15.1. The minimum Gasteiger partial charge on any atom is -0.504 e. The van der Waals surface area contributed by atoms with Crippen LogP contribution < -0.4 is 0 Å².